The second kappa shape index (κ2) is 14.7. The molecule has 0 radical (unpaired) electrons. The number of hydrogen-bond acceptors (Lipinski definition) is 3. The molecule has 0 aliphatic rings. The van der Waals surface area contributed by atoms with Crippen LogP contribution in [0, 0.1) is 0 Å². The van der Waals surface area contributed by atoms with Crippen LogP contribution in [0.1, 0.15) is 0 Å². The van der Waals surface area contributed by atoms with Gasteiger partial charge in [0, 0.05) is 70.0 Å². The van der Waals surface area contributed by atoms with Crippen molar-refractivity contribution in [1.82, 2.24) is 4.57 Å². The van der Waals surface area contributed by atoms with Gasteiger partial charge in [-0.15, -0.1) is 11.3 Å². The van der Waals surface area contributed by atoms with Gasteiger partial charge in [0.05, 0.1) is 11.0 Å². The van der Waals surface area contributed by atoms with E-state index in [9.17, 15) is 0 Å². The fraction of sp³-hybridized carbons (Fsp3) is 0. The highest BCUT2D eigenvalue weighted by atomic mass is 32.1. The van der Waals surface area contributed by atoms with E-state index in [1.807, 2.05) is 23.5 Å². The molecular weight excluding hydrogens is 797 g/mol. The van der Waals surface area contributed by atoms with E-state index in [1.165, 1.54) is 58.7 Å². The van der Waals surface area contributed by atoms with Crippen LogP contribution in [0.15, 0.2) is 235 Å². The Bertz CT molecular complexity index is 3680. The van der Waals surface area contributed by atoms with Crippen LogP contribution in [0.5, 0.6) is 0 Å². The zero-order valence-electron chi connectivity index (χ0n) is 34.7. The average molecular weight is 835 g/mol. The van der Waals surface area contributed by atoms with Crippen LogP contribution in [0.3, 0.4) is 0 Å². The molecule has 0 bridgehead atoms. The molecule has 0 N–H and O–H groups in total. The van der Waals surface area contributed by atoms with Crippen molar-refractivity contribution in [2.24, 2.45) is 0 Å². The first kappa shape index (κ1) is 36.5. The van der Waals surface area contributed by atoms with Crippen molar-refractivity contribution in [1.29, 1.82) is 0 Å². The third-order valence-electron chi connectivity index (χ3n) is 12.8. The van der Waals surface area contributed by atoms with Crippen molar-refractivity contribution in [3.63, 3.8) is 0 Å². The van der Waals surface area contributed by atoms with Gasteiger partial charge in [-0.05, 0) is 101 Å². The smallest absolute Gasteiger partial charge is 0.143 e. The highest BCUT2D eigenvalue weighted by Crippen LogP contribution is 2.43. The van der Waals surface area contributed by atoms with Crippen LogP contribution in [0.4, 0.5) is 17.1 Å². The van der Waals surface area contributed by atoms with Gasteiger partial charge in [0.2, 0.25) is 0 Å². The summed E-state index contributed by atoms with van der Waals surface area (Å²) in [5, 5.41) is 7.41. The molecule has 0 aliphatic carbocycles. The quantitative estimate of drug-likeness (QED) is 0.159. The largest absolute Gasteiger partial charge is 0.455 e. The lowest BCUT2D eigenvalue weighted by molar-refractivity contribution is 0.670. The van der Waals surface area contributed by atoms with E-state index in [1.54, 1.807) is 0 Å². The van der Waals surface area contributed by atoms with Crippen LogP contribution in [-0.2, 0) is 0 Å². The molecule has 3 heterocycles. The minimum absolute atomic E-state index is 0.904. The molecule has 0 saturated carbocycles. The highest BCUT2D eigenvalue weighted by molar-refractivity contribution is 7.26. The van der Waals surface area contributed by atoms with E-state index < -0.39 is 0 Å². The Balaban J connectivity index is 0.894. The zero-order chi connectivity index (χ0) is 42.1. The summed E-state index contributed by atoms with van der Waals surface area (Å²) in [5.41, 5.74) is 15.6. The number of fused-ring (bicyclic) bond motifs is 9. The molecule has 13 aromatic rings. The second-order valence-electron chi connectivity index (χ2n) is 16.5. The minimum atomic E-state index is 0.904. The number of aromatic nitrogens is 1. The number of nitrogens with zero attached hydrogens (tertiary/aromatic N) is 2. The summed E-state index contributed by atoms with van der Waals surface area (Å²) in [7, 11) is 0. The van der Waals surface area contributed by atoms with Crippen molar-refractivity contribution in [3.05, 3.63) is 231 Å². The van der Waals surface area contributed by atoms with Gasteiger partial charge in [-0.1, -0.05) is 158 Å². The highest BCUT2D eigenvalue weighted by Gasteiger charge is 2.18. The van der Waals surface area contributed by atoms with Crippen LogP contribution >= 0.6 is 11.3 Å². The number of furan rings is 1. The number of anilines is 3. The lowest BCUT2D eigenvalue weighted by atomic mass is 10.0. The summed E-state index contributed by atoms with van der Waals surface area (Å²) >= 11 is 1.87. The summed E-state index contributed by atoms with van der Waals surface area (Å²) in [6.07, 6.45) is 0. The topological polar surface area (TPSA) is 21.3 Å². The molecule has 0 amide bonds. The molecular formula is C60H38N2OS. The first-order valence-electron chi connectivity index (χ1n) is 21.7. The van der Waals surface area contributed by atoms with E-state index >= 15 is 0 Å². The summed E-state index contributed by atoms with van der Waals surface area (Å²) in [5.74, 6) is 0. The Kier molecular flexibility index (Phi) is 8.40. The first-order valence-corrected chi connectivity index (χ1v) is 22.6. The fourth-order valence-electron chi connectivity index (χ4n) is 9.80. The SMILES string of the molecule is c1cc(-c2ccc(N(c3ccc(-c4cccc5c4oc4ccccc45)cc3)c3ccc(-c4cccc5c4sc4ccccc45)cc3)cc2)cc(-n2c3ccccc3c3ccccc32)c1. The Labute approximate surface area is 373 Å². The first-order chi connectivity index (χ1) is 31.7. The molecule has 300 valence electrons. The molecule has 4 heteroatoms. The predicted molar refractivity (Wildman–Crippen MR) is 272 cm³/mol. The van der Waals surface area contributed by atoms with Crippen molar-refractivity contribution < 1.29 is 4.42 Å². The minimum Gasteiger partial charge on any atom is -0.455 e. The van der Waals surface area contributed by atoms with Gasteiger partial charge in [0.25, 0.3) is 0 Å². The van der Waals surface area contributed by atoms with E-state index in [2.05, 4.69) is 228 Å². The third-order valence-corrected chi connectivity index (χ3v) is 14.0. The molecule has 0 atom stereocenters. The van der Waals surface area contributed by atoms with Gasteiger partial charge in [0.1, 0.15) is 11.2 Å². The van der Waals surface area contributed by atoms with E-state index in [0.29, 0.717) is 0 Å². The molecule has 0 unspecified atom stereocenters. The van der Waals surface area contributed by atoms with Crippen molar-refractivity contribution in [3.8, 4) is 39.1 Å². The number of hydrogen-bond donors (Lipinski definition) is 0. The molecule has 0 spiro atoms. The number of benzene rings is 10. The molecule has 13 rings (SSSR count). The normalized spacial score (nSPS) is 11.8. The Morgan fingerprint density at radius 3 is 1.56 bits per heavy atom. The average Bonchev–Trinajstić information content (AvgIpc) is 4.05. The molecule has 0 saturated heterocycles. The van der Waals surface area contributed by atoms with E-state index in [0.717, 1.165) is 61.4 Å². The van der Waals surface area contributed by atoms with Gasteiger partial charge in [-0.2, -0.15) is 0 Å². The maximum absolute atomic E-state index is 6.45. The summed E-state index contributed by atoms with van der Waals surface area (Å²) in [6.45, 7) is 0. The van der Waals surface area contributed by atoms with Crippen LogP contribution in [-0.4, -0.2) is 4.57 Å². The lowest BCUT2D eigenvalue weighted by Crippen LogP contribution is -2.09. The second-order valence-corrected chi connectivity index (χ2v) is 17.5. The molecule has 64 heavy (non-hydrogen) atoms. The summed E-state index contributed by atoms with van der Waals surface area (Å²) in [4.78, 5) is 2.35. The van der Waals surface area contributed by atoms with Crippen molar-refractivity contribution in [2.45, 2.75) is 0 Å². The number of rotatable bonds is 7. The van der Waals surface area contributed by atoms with Gasteiger partial charge in [0.15, 0.2) is 0 Å². The Morgan fingerprint density at radius 2 is 0.875 bits per heavy atom. The van der Waals surface area contributed by atoms with Crippen LogP contribution in [0.25, 0.3) is 103 Å². The van der Waals surface area contributed by atoms with Crippen LogP contribution < -0.4 is 4.90 Å². The summed E-state index contributed by atoms with van der Waals surface area (Å²) in [6, 6.07) is 83.3. The van der Waals surface area contributed by atoms with Gasteiger partial charge >= 0.3 is 0 Å². The van der Waals surface area contributed by atoms with Gasteiger partial charge in [-0.3, -0.25) is 0 Å². The van der Waals surface area contributed by atoms with Gasteiger partial charge < -0.3 is 13.9 Å². The zero-order valence-corrected chi connectivity index (χ0v) is 35.5. The maximum Gasteiger partial charge on any atom is 0.143 e. The van der Waals surface area contributed by atoms with Crippen LogP contribution in [0.2, 0.25) is 0 Å². The third kappa shape index (κ3) is 5.88. The molecule has 0 fully saturated rings. The maximum atomic E-state index is 6.45. The molecule has 3 aromatic heterocycles. The van der Waals surface area contributed by atoms with Crippen molar-refractivity contribution >= 4 is 92.3 Å². The number of para-hydroxylation sites is 4. The molecule has 10 aromatic carbocycles. The monoisotopic (exact) mass is 834 g/mol. The molecule has 0 aliphatic heterocycles. The van der Waals surface area contributed by atoms with Gasteiger partial charge in [-0.25, -0.2) is 0 Å². The summed E-state index contributed by atoms with van der Waals surface area (Å²) < 4.78 is 11.5. The number of thiophene rings is 1. The standard InChI is InChI=1S/C60H38N2OS/c1-5-22-55-49(14-1)50-15-2-6-23-56(50)62(55)46-13-9-12-42(38-46)39-26-32-43(33-27-39)61(44-34-28-40(29-35-44)47-18-10-20-53-51-16-3-7-24-57(51)63-59(47)53)45-36-30-41(31-37-45)48-19-11-21-54-52-17-4-8-25-58(52)64-60(48)54/h1-38H. The van der Waals surface area contributed by atoms with E-state index in [4.69, 9.17) is 4.42 Å². The lowest BCUT2D eigenvalue weighted by Gasteiger charge is -2.26. The fourth-order valence-corrected chi connectivity index (χ4v) is 11.0. The molecule has 3 nitrogen and oxygen atoms in total. The Morgan fingerprint density at radius 1 is 0.359 bits per heavy atom. The van der Waals surface area contributed by atoms with Crippen molar-refractivity contribution in [2.75, 3.05) is 4.90 Å². The predicted octanol–water partition coefficient (Wildman–Crippen LogP) is 17.5. The Hall–Kier alpha value is -8.18. The van der Waals surface area contributed by atoms with E-state index in [-0.39, 0.29) is 0 Å².